The summed E-state index contributed by atoms with van der Waals surface area (Å²) in [6.07, 6.45) is 0.909. The Morgan fingerprint density at radius 1 is 1.05 bits per heavy atom. The Hall–Kier alpha value is -1.81. The highest BCUT2D eigenvalue weighted by Gasteiger charge is 2.19. The third kappa shape index (κ3) is 5.53. The summed E-state index contributed by atoms with van der Waals surface area (Å²) in [5, 5.41) is 5.77. The molecule has 0 unspecified atom stereocenters. The molecule has 0 aliphatic rings. The van der Waals surface area contributed by atoms with E-state index in [0.29, 0.717) is 6.54 Å². The molecule has 2 rings (SSSR count). The van der Waals surface area contributed by atoms with Crippen molar-refractivity contribution in [2.24, 2.45) is 5.41 Å². The van der Waals surface area contributed by atoms with Gasteiger partial charge in [-0.15, -0.1) is 0 Å². The number of benzene rings is 2. The fraction of sp³-hybridized carbons (Fsp3) is 0.278. The van der Waals surface area contributed by atoms with Crippen molar-refractivity contribution >= 4 is 27.6 Å². The van der Waals surface area contributed by atoms with E-state index in [4.69, 9.17) is 0 Å². The zero-order valence-electron chi connectivity index (χ0n) is 12.9. The molecule has 0 aliphatic heterocycles. The van der Waals surface area contributed by atoms with Crippen LogP contribution in [-0.2, 0) is 6.42 Å². The number of para-hydroxylation sites is 1. The van der Waals surface area contributed by atoms with E-state index in [1.807, 2.05) is 42.5 Å². The Kier molecular flexibility index (Phi) is 5.61. The monoisotopic (exact) mass is 360 g/mol. The standard InChI is InChI=1S/C18H21BrN2O/c1-18(2,12-14-8-10-15(19)11-9-14)13-20-17(22)21-16-6-4-3-5-7-16/h3-11H,12-13H2,1-2H3,(H2,20,21,22). The number of urea groups is 1. The molecule has 0 fully saturated rings. The second-order valence-corrected chi connectivity index (χ2v) is 7.06. The van der Waals surface area contributed by atoms with E-state index in [1.54, 1.807) is 0 Å². The van der Waals surface area contributed by atoms with E-state index >= 15 is 0 Å². The zero-order chi connectivity index (χ0) is 16.0. The van der Waals surface area contributed by atoms with Crippen LogP contribution in [0.2, 0.25) is 0 Å². The fourth-order valence-corrected chi connectivity index (χ4v) is 2.50. The Morgan fingerprint density at radius 3 is 2.32 bits per heavy atom. The van der Waals surface area contributed by atoms with Gasteiger partial charge >= 0.3 is 6.03 Å². The van der Waals surface area contributed by atoms with Crippen molar-refractivity contribution < 1.29 is 4.79 Å². The number of carbonyl (C=O) groups is 1. The normalized spacial score (nSPS) is 11.0. The van der Waals surface area contributed by atoms with Crippen molar-refractivity contribution in [2.75, 3.05) is 11.9 Å². The van der Waals surface area contributed by atoms with E-state index in [0.717, 1.165) is 16.6 Å². The highest BCUT2D eigenvalue weighted by atomic mass is 79.9. The van der Waals surface area contributed by atoms with E-state index in [-0.39, 0.29) is 11.4 Å². The highest BCUT2D eigenvalue weighted by Crippen LogP contribution is 2.22. The Bertz CT molecular complexity index is 609. The zero-order valence-corrected chi connectivity index (χ0v) is 14.5. The number of hydrogen-bond acceptors (Lipinski definition) is 1. The second kappa shape index (κ2) is 7.45. The van der Waals surface area contributed by atoms with Gasteiger partial charge in [-0.05, 0) is 41.7 Å². The third-order valence-corrected chi connectivity index (χ3v) is 3.88. The molecule has 0 radical (unpaired) electrons. The third-order valence-electron chi connectivity index (χ3n) is 3.36. The van der Waals surface area contributed by atoms with Crippen LogP contribution in [0.5, 0.6) is 0 Å². The van der Waals surface area contributed by atoms with Gasteiger partial charge in [0.2, 0.25) is 0 Å². The van der Waals surface area contributed by atoms with E-state index in [2.05, 4.69) is 52.5 Å². The molecule has 2 aromatic rings. The Morgan fingerprint density at radius 2 is 1.68 bits per heavy atom. The van der Waals surface area contributed by atoms with Crippen molar-refractivity contribution in [3.05, 3.63) is 64.6 Å². The lowest BCUT2D eigenvalue weighted by molar-refractivity contribution is 0.244. The van der Waals surface area contributed by atoms with Crippen LogP contribution in [-0.4, -0.2) is 12.6 Å². The summed E-state index contributed by atoms with van der Waals surface area (Å²) in [6.45, 7) is 4.91. The molecule has 0 saturated heterocycles. The molecule has 0 heterocycles. The van der Waals surface area contributed by atoms with Crippen LogP contribution in [0.15, 0.2) is 59.1 Å². The lowest BCUT2D eigenvalue weighted by Crippen LogP contribution is -2.37. The second-order valence-electron chi connectivity index (χ2n) is 6.14. The highest BCUT2D eigenvalue weighted by molar-refractivity contribution is 9.10. The first-order valence-electron chi connectivity index (χ1n) is 7.29. The van der Waals surface area contributed by atoms with Crippen molar-refractivity contribution in [3.8, 4) is 0 Å². The van der Waals surface area contributed by atoms with Crippen LogP contribution in [0.1, 0.15) is 19.4 Å². The molecule has 0 saturated carbocycles. The van der Waals surface area contributed by atoms with Crippen LogP contribution in [0.4, 0.5) is 10.5 Å². The minimum Gasteiger partial charge on any atom is -0.337 e. The van der Waals surface area contributed by atoms with Gasteiger partial charge in [0.05, 0.1) is 0 Å². The van der Waals surface area contributed by atoms with Crippen LogP contribution < -0.4 is 10.6 Å². The molecule has 0 bridgehead atoms. The number of amides is 2. The van der Waals surface area contributed by atoms with Crippen molar-refractivity contribution in [2.45, 2.75) is 20.3 Å². The van der Waals surface area contributed by atoms with Gasteiger partial charge in [0.15, 0.2) is 0 Å². The quantitative estimate of drug-likeness (QED) is 0.786. The molecule has 2 aromatic carbocycles. The summed E-state index contributed by atoms with van der Waals surface area (Å²) in [5.41, 5.74) is 2.05. The molecule has 4 heteroatoms. The smallest absolute Gasteiger partial charge is 0.319 e. The molecule has 0 atom stereocenters. The van der Waals surface area contributed by atoms with Crippen LogP contribution in [0.25, 0.3) is 0 Å². The maximum absolute atomic E-state index is 11.9. The molecular formula is C18H21BrN2O. The molecule has 0 spiro atoms. The van der Waals surface area contributed by atoms with Gasteiger partial charge in [0.1, 0.15) is 0 Å². The fourth-order valence-electron chi connectivity index (χ4n) is 2.23. The first-order chi connectivity index (χ1) is 10.4. The summed E-state index contributed by atoms with van der Waals surface area (Å²) >= 11 is 3.44. The van der Waals surface area contributed by atoms with Gasteiger partial charge in [-0.2, -0.15) is 0 Å². The van der Waals surface area contributed by atoms with Crippen molar-refractivity contribution in [1.82, 2.24) is 5.32 Å². The largest absolute Gasteiger partial charge is 0.337 e. The predicted octanol–water partition coefficient (Wildman–Crippen LogP) is 4.84. The SMILES string of the molecule is CC(C)(CNC(=O)Nc1ccccc1)Cc1ccc(Br)cc1. The Labute approximate surface area is 140 Å². The summed E-state index contributed by atoms with van der Waals surface area (Å²) in [5.74, 6) is 0. The number of carbonyl (C=O) groups excluding carboxylic acids is 1. The maximum atomic E-state index is 11.9. The first kappa shape index (κ1) is 16.6. The van der Waals surface area contributed by atoms with Crippen LogP contribution >= 0.6 is 15.9 Å². The topological polar surface area (TPSA) is 41.1 Å². The molecule has 22 heavy (non-hydrogen) atoms. The molecule has 116 valence electrons. The summed E-state index contributed by atoms with van der Waals surface area (Å²) in [7, 11) is 0. The first-order valence-corrected chi connectivity index (χ1v) is 8.08. The molecule has 0 aromatic heterocycles. The number of anilines is 1. The van der Waals surface area contributed by atoms with Crippen LogP contribution in [0, 0.1) is 5.41 Å². The maximum Gasteiger partial charge on any atom is 0.319 e. The molecule has 0 aliphatic carbocycles. The average Bonchev–Trinajstić information content (AvgIpc) is 2.49. The van der Waals surface area contributed by atoms with E-state index < -0.39 is 0 Å². The van der Waals surface area contributed by atoms with Gasteiger partial charge in [-0.3, -0.25) is 0 Å². The van der Waals surface area contributed by atoms with Gasteiger partial charge in [-0.25, -0.2) is 4.79 Å². The summed E-state index contributed by atoms with van der Waals surface area (Å²) in [4.78, 5) is 11.9. The molecular weight excluding hydrogens is 340 g/mol. The van der Waals surface area contributed by atoms with E-state index in [9.17, 15) is 4.79 Å². The van der Waals surface area contributed by atoms with Gasteiger partial charge in [0.25, 0.3) is 0 Å². The van der Waals surface area contributed by atoms with Gasteiger partial charge in [-0.1, -0.05) is 60.1 Å². The Balaban J connectivity index is 1.83. The average molecular weight is 361 g/mol. The molecule has 2 amide bonds. The summed E-state index contributed by atoms with van der Waals surface area (Å²) in [6, 6.07) is 17.6. The van der Waals surface area contributed by atoms with Crippen molar-refractivity contribution in [3.63, 3.8) is 0 Å². The minimum absolute atomic E-state index is 0.0120. The number of hydrogen-bond donors (Lipinski definition) is 2. The van der Waals surface area contributed by atoms with Crippen LogP contribution in [0.3, 0.4) is 0 Å². The summed E-state index contributed by atoms with van der Waals surface area (Å²) < 4.78 is 1.08. The van der Waals surface area contributed by atoms with Gasteiger partial charge < -0.3 is 10.6 Å². The lowest BCUT2D eigenvalue weighted by Gasteiger charge is -2.25. The van der Waals surface area contributed by atoms with Gasteiger partial charge in [0, 0.05) is 16.7 Å². The van der Waals surface area contributed by atoms with E-state index in [1.165, 1.54) is 5.56 Å². The number of halogens is 1. The minimum atomic E-state index is -0.171. The van der Waals surface area contributed by atoms with Crippen molar-refractivity contribution in [1.29, 1.82) is 0 Å². The predicted molar refractivity (Wildman–Crippen MR) is 95.1 cm³/mol. The number of rotatable bonds is 5. The molecule has 2 N–H and O–H groups in total. The molecule has 3 nitrogen and oxygen atoms in total. The number of nitrogens with one attached hydrogen (secondary N) is 2. The lowest BCUT2D eigenvalue weighted by atomic mass is 9.86.